The minimum atomic E-state index is -0.344. The van der Waals surface area contributed by atoms with Crippen LogP contribution >= 0.6 is 0 Å². The summed E-state index contributed by atoms with van der Waals surface area (Å²) < 4.78 is 0. The van der Waals surface area contributed by atoms with Crippen LogP contribution in [-0.2, 0) is 4.79 Å². The maximum absolute atomic E-state index is 12.5. The molecule has 0 aromatic heterocycles. The molecule has 0 atom stereocenters. The van der Waals surface area contributed by atoms with Crippen LogP contribution in [0.3, 0.4) is 0 Å². The summed E-state index contributed by atoms with van der Waals surface area (Å²) in [6, 6.07) is 4.20. The molecule has 2 rings (SSSR count). The summed E-state index contributed by atoms with van der Waals surface area (Å²) in [5, 5.41) is 3.10. The van der Waals surface area contributed by atoms with Crippen LogP contribution in [0.5, 0.6) is 0 Å². The van der Waals surface area contributed by atoms with Crippen molar-refractivity contribution in [3.05, 3.63) is 28.8 Å². The van der Waals surface area contributed by atoms with E-state index in [2.05, 4.69) is 31.3 Å². The fraction of sp³-hybridized carbons (Fsp3) is 0.562. The largest absolute Gasteiger partial charge is 0.329 e. The van der Waals surface area contributed by atoms with Gasteiger partial charge in [-0.3, -0.25) is 4.79 Å². The topological polar surface area (TPSA) is 55.1 Å². The molecular formula is C16H24N2O. The highest BCUT2D eigenvalue weighted by atomic mass is 16.2. The van der Waals surface area contributed by atoms with Gasteiger partial charge in [0.1, 0.15) is 0 Å². The molecule has 1 saturated carbocycles. The third kappa shape index (κ3) is 2.52. The molecule has 19 heavy (non-hydrogen) atoms. The van der Waals surface area contributed by atoms with Gasteiger partial charge in [0.25, 0.3) is 0 Å². The number of nitrogens with one attached hydrogen (secondary N) is 1. The quantitative estimate of drug-likeness (QED) is 0.878. The van der Waals surface area contributed by atoms with Crippen molar-refractivity contribution in [2.45, 2.75) is 40.5 Å². The standard InChI is InChI=1S/C16H24N2O/c1-10-5-12(3)14(13(4)6-10)18-15(19)16(9-17)7-11(2)8-16/h5-6,11H,7-9,17H2,1-4H3,(H,18,19). The van der Waals surface area contributed by atoms with E-state index < -0.39 is 0 Å². The van der Waals surface area contributed by atoms with Crippen LogP contribution < -0.4 is 11.1 Å². The second-order valence-corrected chi connectivity index (χ2v) is 6.23. The minimum absolute atomic E-state index is 0.0863. The molecule has 1 amide bonds. The van der Waals surface area contributed by atoms with Gasteiger partial charge < -0.3 is 11.1 Å². The van der Waals surface area contributed by atoms with Gasteiger partial charge in [0.2, 0.25) is 5.91 Å². The third-order valence-electron chi connectivity index (χ3n) is 4.27. The van der Waals surface area contributed by atoms with E-state index in [0.717, 1.165) is 29.7 Å². The van der Waals surface area contributed by atoms with E-state index in [1.54, 1.807) is 0 Å². The first-order valence-electron chi connectivity index (χ1n) is 6.97. The number of carbonyl (C=O) groups is 1. The van der Waals surface area contributed by atoms with Gasteiger partial charge in [-0.2, -0.15) is 0 Å². The van der Waals surface area contributed by atoms with E-state index in [4.69, 9.17) is 5.73 Å². The fourth-order valence-electron chi connectivity index (χ4n) is 3.34. The lowest BCUT2D eigenvalue weighted by atomic mass is 9.62. The summed E-state index contributed by atoms with van der Waals surface area (Å²) in [7, 11) is 0. The number of rotatable bonds is 3. The fourth-order valence-corrected chi connectivity index (χ4v) is 3.34. The first kappa shape index (κ1) is 14.1. The Morgan fingerprint density at radius 2 is 1.84 bits per heavy atom. The Morgan fingerprint density at radius 1 is 1.32 bits per heavy atom. The molecule has 0 heterocycles. The van der Waals surface area contributed by atoms with E-state index in [0.29, 0.717) is 12.5 Å². The number of anilines is 1. The molecule has 0 spiro atoms. The Balaban J connectivity index is 2.20. The molecule has 1 aliphatic rings. The maximum atomic E-state index is 12.5. The lowest BCUT2D eigenvalue weighted by Gasteiger charge is -2.44. The van der Waals surface area contributed by atoms with Gasteiger partial charge in [0.15, 0.2) is 0 Å². The number of amides is 1. The van der Waals surface area contributed by atoms with Crippen LogP contribution in [0.25, 0.3) is 0 Å². The second kappa shape index (κ2) is 4.97. The van der Waals surface area contributed by atoms with Crippen molar-refractivity contribution >= 4 is 11.6 Å². The number of nitrogens with two attached hydrogens (primary N) is 1. The predicted molar refractivity (Wildman–Crippen MR) is 79.2 cm³/mol. The third-order valence-corrected chi connectivity index (χ3v) is 4.27. The van der Waals surface area contributed by atoms with Gasteiger partial charge in [-0.1, -0.05) is 24.6 Å². The van der Waals surface area contributed by atoms with Crippen molar-refractivity contribution in [2.24, 2.45) is 17.1 Å². The normalized spacial score (nSPS) is 25.8. The molecule has 1 aromatic carbocycles. The average molecular weight is 260 g/mol. The van der Waals surface area contributed by atoms with Gasteiger partial charge in [-0.05, 0) is 50.7 Å². The van der Waals surface area contributed by atoms with Crippen LogP contribution in [0.1, 0.15) is 36.5 Å². The van der Waals surface area contributed by atoms with Gasteiger partial charge in [0, 0.05) is 12.2 Å². The van der Waals surface area contributed by atoms with Crippen molar-refractivity contribution in [1.82, 2.24) is 0 Å². The Kier molecular flexibility index (Phi) is 3.68. The van der Waals surface area contributed by atoms with E-state index in [1.807, 2.05) is 13.8 Å². The zero-order chi connectivity index (χ0) is 14.2. The Labute approximate surface area is 115 Å². The molecule has 104 valence electrons. The van der Waals surface area contributed by atoms with Crippen molar-refractivity contribution < 1.29 is 4.79 Å². The zero-order valence-electron chi connectivity index (χ0n) is 12.3. The Bertz CT molecular complexity index is 478. The van der Waals surface area contributed by atoms with Crippen LogP contribution in [0.15, 0.2) is 12.1 Å². The number of hydrogen-bond acceptors (Lipinski definition) is 2. The molecular weight excluding hydrogens is 236 g/mol. The average Bonchev–Trinajstić information content (AvgIpc) is 2.29. The van der Waals surface area contributed by atoms with E-state index in [-0.39, 0.29) is 11.3 Å². The summed E-state index contributed by atoms with van der Waals surface area (Å²) in [5.74, 6) is 0.692. The molecule has 3 heteroatoms. The summed E-state index contributed by atoms with van der Waals surface area (Å²) >= 11 is 0. The maximum Gasteiger partial charge on any atom is 0.231 e. The highest BCUT2D eigenvalue weighted by Gasteiger charge is 2.47. The van der Waals surface area contributed by atoms with E-state index in [1.165, 1.54) is 5.56 Å². The first-order chi connectivity index (χ1) is 8.88. The first-order valence-corrected chi connectivity index (χ1v) is 6.97. The molecule has 0 unspecified atom stereocenters. The molecule has 1 fully saturated rings. The van der Waals surface area contributed by atoms with Gasteiger partial charge >= 0.3 is 0 Å². The lowest BCUT2D eigenvalue weighted by molar-refractivity contribution is -0.132. The lowest BCUT2D eigenvalue weighted by Crippen LogP contribution is -2.51. The predicted octanol–water partition coefficient (Wildman–Crippen LogP) is 2.93. The SMILES string of the molecule is Cc1cc(C)c(NC(=O)C2(CN)CC(C)C2)c(C)c1. The number of benzene rings is 1. The van der Waals surface area contributed by atoms with Crippen molar-refractivity contribution in [1.29, 1.82) is 0 Å². The second-order valence-electron chi connectivity index (χ2n) is 6.23. The van der Waals surface area contributed by atoms with E-state index in [9.17, 15) is 4.79 Å². The Morgan fingerprint density at radius 3 is 2.26 bits per heavy atom. The van der Waals surface area contributed by atoms with Crippen molar-refractivity contribution in [2.75, 3.05) is 11.9 Å². The monoisotopic (exact) mass is 260 g/mol. The van der Waals surface area contributed by atoms with Crippen molar-refractivity contribution in [3.63, 3.8) is 0 Å². The highest BCUT2D eigenvalue weighted by Crippen LogP contribution is 2.45. The van der Waals surface area contributed by atoms with Crippen LogP contribution in [0.2, 0.25) is 0 Å². The van der Waals surface area contributed by atoms with Crippen LogP contribution in [0.4, 0.5) is 5.69 Å². The molecule has 0 aliphatic heterocycles. The molecule has 1 aliphatic carbocycles. The molecule has 3 N–H and O–H groups in total. The molecule has 0 saturated heterocycles. The summed E-state index contributed by atoms with van der Waals surface area (Å²) in [6.07, 6.45) is 1.80. The van der Waals surface area contributed by atoms with Gasteiger partial charge in [-0.15, -0.1) is 0 Å². The van der Waals surface area contributed by atoms with Crippen molar-refractivity contribution in [3.8, 4) is 0 Å². The van der Waals surface area contributed by atoms with E-state index >= 15 is 0 Å². The minimum Gasteiger partial charge on any atom is -0.329 e. The molecule has 3 nitrogen and oxygen atoms in total. The molecule has 0 radical (unpaired) electrons. The highest BCUT2D eigenvalue weighted by molar-refractivity contribution is 5.97. The number of carbonyl (C=O) groups excluding carboxylic acids is 1. The Hall–Kier alpha value is -1.35. The number of hydrogen-bond donors (Lipinski definition) is 2. The molecule has 0 bridgehead atoms. The summed E-state index contributed by atoms with van der Waals surface area (Å²) in [6.45, 7) is 8.75. The zero-order valence-corrected chi connectivity index (χ0v) is 12.3. The van der Waals surface area contributed by atoms with Crippen LogP contribution in [-0.4, -0.2) is 12.5 Å². The van der Waals surface area contributed by atoms with Gasteiger partial charge in [-0.25, -0.2) is 0 Å². The van der Waals surface area contributed by atoms with Crippen LogP contribution in [0, 0.1) is 32.1 Å². The number of aryl methyl sites for hydroxylation is 3. The van der Waals surface area contributed by atoms with Gasteiger partial charge in [0.05, 0.1) is 5.41 Å². The smallest absolute Gasteiger partial charge is 0.231 e. The summed E-state index contributed by atoms with van der Waals surface area (Å²) in [5.41, 5.74) is 9.88. The summed E-state index contributed by atoms with van der Waals surface area (Å²) in [4.78, 5) is 12.5. The molecule has 1 aromatic rings.